The van der Waals surface area contributed by atoms with Crippen LogP contribution in [0.4, 0.5) is 0 Å². The summed E-state index contributed by atoms with van der Waals surface area (Å²) in [4.78, 5) is 4.95. The van der Waals surface area contributed by atoms with Crippen molar-refractivity contribution in [2.45, 2.75) is 51.3 Å². The minimum absolute atomic E-state index is 0.0193. The summed E-state index contributed by atoms with van der Waals surface area (Å²) in [5.41, 5.74) is 0.797. The molecule has 2 N–H and O–H groups in total. The van der Waals surface area contributed by atoms with E-state index in [2.05, 4.69) is 37.5 Å². The first-order chi connectivity index (χ1) is 14.6. The van der Waals surface area contributed by atoms with Crippen LogP contribution in [0.5, 0.6) is 5.75 Å². The van der Waals surface area contributed by atoms with E-state index in [1.54, 1.807) is 0 Å². The van der Waals surface area contributed by atoms with Gasteiger partial charge in [0.25, 0.3) is 0 Å². The molecule has 0 amide bonds. The van der Waals surface area contributed by atoms with Crippen LogP contribution < -0.4 is 15.4 Å². The molecule has 2 heterocycles. The normalized spacial score (nSPS) is 17.7. The van der Waals surface area contributed by atoms with Crippen LogP contribution in [0.15, 0.2) is 33.7 Å². The van der Waals surface area contributed by atoms with Crippen LogP contribution >= 0.6 is 11.8 Å². The fraction of sp³-hybridized carbons (Fsp3) is 0.609. The molecule has 30 heavy (non-hydrogen) atoms. The smallest absolute Gasteiger partial charge is 0.191 e. The third-order valence-electron chi connectivity index (χ3n) is 5.33. The van der Waals surface area contributed by atoms with Crippen molar-refractivity contribution in [1.29, 1.82) is 0 Å². The van der Waals surface area contributed by atoms with Crippen molar-refractivity contribution in [2.24, 2.45) is 4.99 Å². The Morgan fingerprint density at radius 3 is 2.77 bits per heavy atom. The van der Waals surface area contributed by atoms with Crippen molar-refractivity contribution in [1.82, 2.24) is 10.6 Å². The number of furan rings is 1. The molecule has 1 aromatic heterocycles. The van der Waals surface area contributed by atoms with Crippen molar-refractivity contribution in [3.63, 3.8) is 0 Å². The summed E-state index contributed by atoms with van der Waals surface area (Å²) < 4.78 is 17.6. The molecule has 1 aliphatic heterocycles. The third kappa shape index (κ3) is 5.64. The molecule has 7 heteroatoms. The standard InChI is InChI=1S/C23H35N3O3S/c1-5-24-22(25-16-23(30-7-3)11-13-27-14-12-23)26-17(4)20-15-18-9-8-10-19(28-6-2)21(18)29-20/h8-10,15,17H,5-7,11-14,16H2,1-4H3,(H2,24,25,26). The highest BCUT2D eigenvalue weighted by molar-refractivity contribution is 8.00. The third-order valence-corrected chi connectivity index (χ3v) is 6.77. The monoisotopic (exact) mass is 433 g/mol. The van der Waals surface area contributed by atoms with E-state index < -0.39 is 0 Å². The zero-order chi connectivity index (χ0) is 21.4. The van der Waals surface area contributed by atoms with Gasteiger partial charge in [-0.25, -0.2) is 0 Å². The number of nitrogens with one attached hydrogen (secondary N) is 2. The summed E-state index contributed by atoms with van der Waals surface area (Å²) in [6, 6.07) is 8.05. The van der Waals surface area contributed by atoms with Gasteiger partial charge in [0.15, 0.2) is 17.3 Å². The minimum atomic E-state index is -0.0193. The molecule has 1 unspecified atom stereocenters. The highest BCUT2D eigenvalue weighted by atomic mass is 32.2. The van der Waals surface area contributed by atoms with Crippen molar-refractivity contribution in [3.05, 3.63) is 30.0 Å². The lowest BCUT2D eigenvalue weighted by atomic mass is 9.99. The van der Waals surface area contributed by atoms with Crippen LogP contribution in [0.1, 0.15) is 52.3 Å². The Hall–Kier alpha value is -1.86. The first-order valence-corrected chi connectivity index (χ1v) is 12.0. The van der Waals surface area contributed by atoms with E-state index in [0.29, 0.717) is 6.61 Å². The van der Waals surface area contributed by atoms with E-state index in [1.165, 1.54) is 0 Å². The molecular formula is C23H35N3O3S. The van der Waals surface area contributed by atoms with Gasteiger partial charge in [-0.15, -0.1) is 0 Å². The van der Waals surface area contributed by atoms with Gasteiger partial charge in [-0.2, -0.15) is 11.8 Å². The van der Waals surface area contributed by atoms with Crippen LogP contribution in [0, 0.1) is 0 Å². The number of hydrogen-bond acceptors (Lipinski definition) is 5. The zero-order valence-corrected chi connectivity index (χ0v) is 19.4. The summed E-state index contributed by atoms with van der Waals surface area (Å²) in [6.07, 6.45) is 2.10. The number of thioether (sulfide) groups is 1. The molecule has 1 atom stereocenters. The quantitative estimate of drug-likeness (QED) is 0.439. The maximum absolute atomic E-state index is 6.15. The van der Waals surface area contributed by atoms with Crippen LogP contribution in [-0.4, -0.2) is 49.4 Å². The molecule has 0 aliphatic carbocycles. The molecular weight excluding hydrogens is 398 g/mol. The Kier molecular flexibility index (Phi) is 8.33. The predicted molar refractivity (Wildman–Crippen MR) is 126 cm³/mol. The minimum Gasteiger partial charge on any atom is -0.490 e. The Bertz CT molecular complexity index is 825. The number of guanidine groups is 1. The van der Waals surface area contributed by atoms with Crippen LogP contribution in [0.2, 0.25) is 0 Å². The topological polar surface area (TPSA) is 68.0 Å². The molecule has 2 aromatic rings. The number of hydrogen-bond donors (Lipinski definition) is 2. The van der Waals surface area contributed by atoms with E-state index in [9.17, 15) is 0 Å². The average Bonchev–Trinajstić information content (AvgIpc) is 3.19. The number of ether oxygens (including phenoxy) is 2. The van der Waals surface area contributed by atoms with Gasteiger partial charge in [-0.3, -0.25) is 4.99 Å². The predicted octanol–water partition coefficient (Wildman–Crippen LogP) is 4.75. The number of nitrogens with zero attached hydrogens (tertiary/aromatic N) is 1. The molecule has 1 saturated heterocycles. The highest BCUT2D eigenvalue weighted by Crippen LogP contribution is 2.36. The molecule has 1 aliphatic rings. The highest BCUT2D eigenvalue weighted by Gasteiger charge is 2.32. The summed E-state index contributed by atoms with van der Waals surface area (Å²) in [7, 11) is 0. The van der Waals surface area contributed by atoms with Crippen molar-refractivity contribution in [3.8, 4) is 5.75 Å². The van der Waals surface area contributed by atoms with Gasteiger partial charge in [-0.05, 0) is 51.5 Å². The largest absolute Gasteiger partial charge is 0.490 e. The lowest BCUT2D eigenvalue weighted by molar-refractivity contribution is 0.0793. The number of benzene rings is 1. The van der Waals surface area contributed by atoms with E-state index in [1.807, 2.05) is 36.9 Å². The molecule has 6 nitrogen and oxygen atoms in total. The summed E-state index contributed by atoms with van der Waals surface area (Å²) in [5, 5.41) is 7.94. The number of fused-ring (bicyclic) bond motifs is 1. The summed E-state index contributed by atoms with van der Waals surface area (Å²) in [5.74, 6) is 3.56. The number of aliphatic imine (C=N–C) groups is 1. The molecule has 0 saturated carbocycles. The maximum atomic E-state index is 6.15. The van der Waals surface area contributed by atoms with Gasteiger partial charge >= 0.3 is 0 Å². The van der Waals surface area contributed by atoms with Gasteiger partial charge in [-0.1, -0.05) is 19.1 Å². The molecule has 0 radical (unpaired) electrons. The Labute approximate surface area is 184 Å². The van der Waals surface area contributed by atoms with Gasteiger partial charge in [0.05, 0.1) is 19.2 Å². The second-order valence-electron chi connectivity index (χ2n) is 7.55. The SMILES string of the molecule is CCNC(=NCC1(SCC)CCOCC1)NC(C)c1cc2cccc(OCC)c2o1. The first-order valence-electron chi connectivity index (χ1n) is 11.0. The van der Waals surface area contributed by atoms with E-state index in [0.717, 1.165) is 73.3 Å². The average molecular weight is 434 g/mol. The van der Waals surface area contributed by atoms with Gasteiger partial charge in [0, 0.05) is 29.9 Å². The Morgan fingerprint density at radius 2 is 2.07 bits per heavy atom. The van der Waals surface area contributed by atoms with Crippen LogP contribution in [0.25, 0.3) is 11.0 Å². The van der Waals surface area contributed by atoms with Crippen LogP contribution in [-0.2, 0) is 4.74 Å². The van der Waals surface area contributed by atoms with Crippen molar-refractivity contribution in [2.75, 3.05) is 38.7 Å². The Balaban J connectivity index is 1.74. The molecule has 3 rings (SSSR count). The molecule has 1 fully saturated rings. The number of para-hydroxylation sites is 1. The van der Waals surface area contributed by atoms with Gasteiger partial charge < -0.3 is 24.5 Å². The van der Waals surface area contributed by atoms with Crippen molar-refractivity contribution < 1.29 is 13.9 Å². The fourth-order valence-corrected chi connectivity index (χ4v) is 4.98. The second-order valence-corrected chi connectivity index (χ2v) is 9.28. The molecule has 0 bridgehead atoms. The fourth-order valence-electron chi connectivity index (χ4n) is 3.76. The molecule has 166 valence electrons. The second kappa shape index (κ2) is 11.0. The van der Waals surface area contributed by atoms with E-state index in [4.69, 9.17) is 18.9 Å². The molecule has 0 spiro atoms. The van der Waals surface area contributed by atoms with Crippen molar-refractivity contribution >= 4 is 28.7 Å². The number of rotatable bonds is 9. The summed E-state index contributed by atoms with van der Waals surface area (Å²) >= 11 is 2.01. The lowest BCUT2D eigenvalue weighted by Gasteiger charge is -2.35. The lowest BCUT2D eigenvalue weighted by Crippen LogP contribution is -2.41. The van der Waals surface area contributed by atoms with Gasteiger partial charge in [0.1, 0.15) is 5.76 Å². The van der Waals surface area contributed by atoms with E-state index in [-0.39, 0.29) is 10.8 Å². The Morgan fingerprint density at radius 1 is 1.27 bits per heavy atom. The summed E-state index contributed by atoms with van der Waals surface area (Å²) in [6.45, 7) is 12.2. The molecule has 1 aromatic carbocycles. The van der Waals surface area contributed by atoms with E-state index >= 15 is 0 Å². The maximum Gasteiger partial charge on any atom is 0.191 e. The van der Waals surface area contributed by atoms with Gasteiger partial charge in [0.2, 0.25) is 0 Å². The first kappa shape index (κ1) is 22.8. The zero-order valence-electron chi connectivity index (χ0n) is 18.6. The van der Waals surface area contributed by atoms with Crippen LogP contribution in [0.3, 0.4) is 0 Å².